The summed E-state index contributed by atoms with van der Waals surface area (Å²) in [5.74, 6) is 0.290. The zero-order valence-corrected chi connectivity index (χ0v) is 12.6. The number of fused-ring (bicyclic) bond motifs is 1. The smallest absolute Gasteiger partial charge is 0.243 e. The van der Waals surface area contributed by atoms with Crippen LogP contribution in [0.4, 0.5) is 0 Å². The van der Waals surface area contributed by atoms with Crippen LogP contribution in [-0.2, 0) is 4.79 Å². The maximum absolute atomic E-state index is 12.8. The highest BCUT2D eigenvalue weighted by Crippen LogP contribution is 2.31. The Labute approximate surface area is 111 Å². The molecule has 1 amide bonds. The van der Waals surface area contributed by atoms with Crippen LogP contribution in [0.3, 0.4) is 0 Å². The lowest BCUT2D eigenvalue weighted by Gasteiger charge is -2.47. The second kappa shape index (κ2) is 4.20. The maximum atomic E-state index is 12.8. The van der Waals surface area contributed by atoms with E-state index in [2.05, 4.69) is 51.8 Å². The Hall–Kier alpha value is -0.610. The van der Waals surface area contributed by atoms with Crippen LogP contribution < -0.4 is 5.32 Å². The molecule has 2 atom stereocenters. The lowest BCUT2D eigenvalue weighted by molar-refractivity contribution is -0.147. The fraction of sp³-hybridized carbons (Fsp3) is 0.929. The van der Waals surface area contributed by atoms with Gasteiger partial charge in [0, 0.05) is 23.7 Å². The lowest BCUT2D eigenvalue weighted by atomic mass is 9.97. The first-order chi connectivity index (χ1) is 8.12. The molecule has 0 aliphatic carbocycles. The fourth-order valence-corrected chi connectivity index (χ4v) is 3.08. The Kier molecular flexibility index (Phi) is 3.23. The molecule has 4 heteroatoms. The fourth-order valence-electron chi connectivity index (χ4n) is 3.08. The van der Waals surface area contributed by atoms with E-state index < -0.39 is 0 Å². The van der Waals surface area contributed by atoms with Gasteiger partial charge >= 0.3 is 0 Å². The summed E-state index contributed by atoms with van der Waals surface area (Å²) in [4.78, 5) is 17.1. The Morgan fingerprint density at radius 1 is 1.11 bits per heavy atom. The largest absolute Gasteiger partial charge is 0.324 e. The predicted molar refractivity (Wildman–Crippen MR) is 73.3 cm³/mol. The molecule has 2 rings (SSSR count). The monoisotopic (exact) mass is 253 g/mol. The zero-order valence-electron chi connectivity index (χ0n) is 12.6. The average Bonchev–Trinajstić information content (AvgIpc) is 2.59. The topological polar surface area (TPSA) is 35.6 Å². The van der Waals surface area contributed by atoms with Gasteiger partial charge in [0.15, 0.2) is 0 Å². The molecular formula is C14H27N3O. The third kappa shape index (κ3) is 2.28. The van der Waals surface area contributed by atoms with Crippen LogP contribution in [-0.4, -0.2) is 52.1 Å². The van der Waals surface area contributed by atoms with E-state index in [1.165, 1.54) is 0 Å². The molecule has 18 heavy (non-hydrogen) atoms. The molecule has 4 nitrogen and oxygen atoms in total. The predicted octanol–water partition coefficient (Wildman–Crippen LogP) is 1.42. The van der Waals surface area contributed by atoms with Crippen molar-refractivity contribution in [3.63, 3.8) is 0 Å². The zero-order chi connectivity index (χ0) is 13.7. The van der Waals surface area contributed by atoms with Crippen LogP contribution in [0.5, 0.6) is 0 Å². The molecule has 0 aromatic heterocycles. The van der Waals surface area contributed by atoms with Crippen molar-refractivity contribution in [3.05, 3.63) is 0 Å². The van der Waals surface area contributed by atoms with Crippen LogP contribution in [0.25, 0.3) is 0 Å². The summed E-state index contributed by atoms with van der Waals surface area (Å²) >= 11 is 0. The van der Waals surface area contributed by atoms with Crippen LogP contribution in [0, 0.1) is 0 Å². The van der Waals surface area contributed by atoms with E-state index in [1.807, 2.05) is 4.90 Å². The standard InChI is InChI=1S/C14H27N3O/c1-13(2,3)16-8-7-10-11(16)12(18)17(9-15-10)14(4,5)6/h10-11,15H,7-9H2,1-6H3. The molecule has 2 saturated heterocycles. The van der Waals surface area contributed by atoms with E-state index in [9.17, 15) is 4.79 Å². The van der Waals surface area contributed by atoms with Gasteiger partial charge in [0.2, 0.25) is 5.91 Å². The normalized spacial score (nSPS) is 30.8. The highest BCUT2D eigenvalue weighted by Gasteiger charge is 2.49. The molecule has 2 fully saturated rings. The highest BCUT2D eigenvalue weighted by atomic mass is 16.2. The first-order valence-electron chi connectivity index (χ1n) is 6.94. The quantitative estimate of drug-likeness (QED) is 0.709. The van der Waals surface area contributed by atoms with E-state index in [4.69, 9.17) is 0 Å². The second-order valence-corrected chi connectivity index (χ2v) is 7.50. The number of hydrogen-bond acceptors (Lipinski definition) is 3. The summed E-state index contributed by atoms with van der Waals surface area (Å²) in [7, 11) is 0. The van der Waals surface area contributed by atoms with Crippen molar-refractivity contribution in [1.29, 1.82) is 0 Å². The summed E-state index contributed by atoms with van der Waals surface area (Å²) in [6.45, 7) is 14.6. The van der Waals surface area contributed by atoms with E-state index >= 15 is 0 Å². The number of carbonyl (C=O) groups excluding carboxylic acids is 1. The molecule has 0 bridgehead atoms. The van der Waals surface area contributed by atoms with Crippen LogP contribution >= 0.6 is 0 Å². The molecule has 0 aromatic carbocycles. The summed E-state index contributed by atoms with van der Waals surface area (Å²) in [6.07, 6.45) is 1.08. The van der Waals surface area contributed by atoms with Crippen LogP contribution in [0.15, 0.2) is 0 Å². The number of nitrogens with one attached hydrogen (secondary N) is 1. The van der Waals surface area contributed by atoms with Gasteiger partial charge in [0.25, 0.3) is 0 Å². The van der Waals surface area contributed by atoms with E-state index in [1.54, 1.807) is 0 Å². The Bertz CT molecular complexity index is 340. The van der Waals surface area contributed by atoms with E-state index in [-0.39, 0.29) is 17.1 Å². The van der Waals surface area contributed by atoms with Gasteiger partial charge in [-0.25, -0.2) is 0 Å². The highest BCUT2D eigenvalue weighted by molar-refractivity contribution is 5.84. The summed E-state index contributed by atoms with van der Waals surface area (Å²) in [5.41, 5.74) is -0.0567. The van der Waals surface area contributed by atoms with Gasteiger partial charge in [-0.15, -0.1) is 0 Å². The van der Waals surface area contributed by atoms with Crippen molar-refractivity contribution in [1.82, 2.24) is 15.1 Å². The molecule has 0 spiro atoms. The maximum Gasteiger partial charge on any atom is 0.243 e. The number of likely N-dealkylation sites (tertiary alicyclic amines) is 1. The first kappa shape index (κ1) is 13.8. The molecule has 2 aliphatic heterocycles. The number of hydrogen-bond donors (Lipinski definition) is 1. The van der Waals surface area contributed by atoms with Crippen molar-refractivity contribution in [3.8, 4) is 0 Å². The molecule has 0 aromatic rings. The van der Waals surface area contributed by atoms with Gasteiger partial charge in [-0.3, -0.25) is 15.0 Å². The minimum absolute atomic E-state index is 0.0120. The molecular weight excluding hydrogens is 226 g/mol. The van der Waals surface area contributed by atoms with Gasteiger partial charge in [0.1, 0.15) is 6.04 Å². The molecule has 2 heterocycles. The lowest BCUT2D eigenvalue weighted by Crippen LogP contribution is -2.67. The Balaban J connectivity index is 2.24. The van der Waals surface area contributed by atoms with Crippen LogP contribution in [0.2, 0.25) is 0 Å². The summed E-state index contributed by atoms with van der Waals surface area (Å²) in [6, 6.07) is 0.341. The minimum atomic E-state index is -0.110. The van der Waals surface area contributed by atoms with Crippen molar-refractivity contribution < 1.29 is 4.79 Å². The summed E-state index contributed by atoms with van der Waals surface area (Å²) < 4.78 is 0. The van der Waals surface area contributed by atoms with Gasteiger partial charge in [0.05, 0.1) is 6.67 Å². The number of nitrogens with zero attached hydrogens (tertiary/aromatic N) is 2. The minimum Gasteiger partial charge on any atom is -0.324 e. The number of carbonyl (C=O) groups is 1. The van der Waals surface area contributed by atoms with Crippen molar-refractivity contribution >= 4 is 5.91 Å². The van der Waals surface area contributed by atoms with Gasteiger partial charge < -0.3 is 4.90 Å². The third-order valence-corrected chi connectivity index (χ3v) is 4.10. The van der Waals surface area contributed by atoms with Crippen LogP contribution in [0.1, 0.15) is 48.0 Å². The van der Waals surface area contributed by atoms with Crippen molar-refractivity contribution in [2.24, 2.45) is 0 Å². The van der Waals surface area contributed by atoms with Gasteiger partial charge in [-0.2, -0.15) is 0 Å². The molecule has 2 aliphatic rings. The molecule has 0 saturated carbocycles. The third-order valence-electron chi connectivity index (χ3n) is 4.10. The SMILES string of the molecule is CC(C)(C)N1CNC2CCN(C(C)(C)C)C2C1=O. The van der Waals surface area contributed by atoms with Crippen molar-refractivity contribution in [2.75, 3.05) is 13.2 Å². The molecule has 1 N–H and O–H groups in total. The molecule has 0 radical (unpaired) electrons. The van der Waals surface area contributed by atoms with E-state index in [0.29, 0.717) is 18.6 Å². The first-order valence-corrected chi connectivity index (χ1v) is 6.94. The Morgan fingerprint density at radius 2 is 1.72 bits per heavy atom. The van der Waals surface area contributed by atoms with Gasteiger partial charge in [-0.05, 0) is 48.0 Å². The number of rotatable bonds is 0. The average molecular weight is 253 g/mol. The summed E-state index contributed by atoms with van der Waals surface area (Å²) in [5, 5.41) is 3.53. The molecule has 2 unspecified atom stereocenters. The number of amides is 1. The van der Waals surface area contributed by atoms with Crippen molar-refractivity contribution in [2.45, 2.75) is 71.1 Å². The second-order valence-electron chi connectivity index (χ2n) is 7.50. The molecule has 104 valence electrons. The Morgan fingerprint density at radius 3 is 2.22 bits per heavy atom. The van der Waals surface area contributed by atoms with Gasteiger partial charge in [-0.1, -0.05) is 0 Å². The van der Waals surface area contributed by atoms with E-state index in [0.717, 1.165) is 13.0 Å².